The van der Waals surface area contributed by atoms with Crippen LogP contribution < -0.4 is 0 Å². The van der Waals surface area contributed by atoms with E-state index in [-0.39, 0.29) is 0 Å². The zero-order valence-corrected chi connectivity index (χ0v) is 10.8. The van der Waals surface area contributed by atoms with E-state index in [1.165, 1.54) is 0 Å². The van der Waals surface area contributed by atoms with Crippen molar-refractivity contribution < 1.29 is 0 Å². The summed E-state index contributed by atoms with van der Waals surface area (Å²) in [6, 6.07) is 9.88. The van der Waals surface area contributed by atoms with Gasteiger partial charge < -0.3 is 4.98 Å². The minimum atomic E-state index is 0.735. The Kier molecular flexibility index (Phi) is 2.26. The van der Waals surface area contributed by atoms with Crippen molar-refractivity contribution in [2.75, 3.05) is 0 Å². The van der Waals surface area contributed by atoms with Gasteiger partial charge in [-0.2, -0.15) is 0 Å². The fraction of sp³-hybridized carbons (Fsp3) is 0.0667. The van der Waals surface area contributed by atoms with Gasteiger partial charge in [-0.3, -0.25) is 9.97 Å². The Hall–Kier alpha value is -2.82. The van der Waals surface area contributed by atoms with Gasteiger partial charge in [0.1, 0.15) is 5.82 Å². The van der Waals surface area contributed by atoms with Gasteiger partial charge in [-0.05, 0) is 37.3 Å². The van der Waals surface area contributed by atoms with E-state index in [1.54, 1.807) is 12.4 Å². The van der Waals surface area contributed by atoms with Gasteiger partial charge in [0.05, 0.1) is 16.6 Å². The smallest absolute Gasteiger partial charge is 0.178 e. The molecule has 0 atom stereocenters. The SMILES string of the molecule is Cc1ccc2[nH]c(-c3ccc4nccnc4c3)nc2n1. The van der Waals surface area contributed by atoms with Gasteiger partial charge in [-0.25, -0.2) is 9.97 Å². The van der Waals surface area contributed by atoms with Crippen LogP contribution in [-0.4, -0.2) is 24.9 Å². The summed E-state index contributed by atoms with van der Waals surface area (Å²) >= 11 is 0. The van der Waals surface area contributed by atoms with Gasteiger partial charge in [0.25, 0.3) is 0 Å². The normalized spacial score (nSPS) is 11.2. The lowest BCUT2D eigenvalue weighted by Gasteiger charge is -1.98. The fourth-order valence-corrected chi connectivity index (χ4v) is 2.23. The van der Waals surface area contributed by atoms with Crippen LogP contribution in [0.1, 0.15) is 5.69 Å². The number of aromatic amines is 1. The second kappa shape index (κ2) is 4.09. The first-order valence-corrected chi connectivity index (χ1v) is 6.34. The second-order valence-corrected chi connectivity index (χ2v) is 4.67. The summed E-state index contributed by atoms with van der Waals surface area (Å²) in [6.45, 7) is 1.96. The molecule has 0 fully saturated rings. The third-order valence-electron chi connectivity index (χ3n) is 3.23. The third-order valence-corrected chi connectivity index (χ3v) is 3.23. The van der Waals surface area contributed by atoms with Gasteiger partial charge >= 0.3 is 0 Å². The molecule has 0 amide bonds. The number of fused-ring (bicyclic) bond motifs is 2. The van der Waals surface area contributed by atoms with Crippen molar-refractivity contribution in [2.45, 2.75) is 6.92 Å². The average molecular weight is 261 g/mol. The average Bonchev–Trinajstić information content (AvgIpc) is 2.89. The molecule has 96 valence electrons. The fourth-order valence-electron chi connectivity index (χ4n) is 2.23. The molecule has 0 saturated heterocycles. The molecule has 0 unspecified atom stereocenters. The topological polar surface area (TPSA) is 67.3 Å². The molecule has 0 aliphatic carbocycles. The zero-order chi connectivity index (χ0) is 13.5. The molecule has 0 saturated carbocycles. The molecule has 0 spiro atoms. The van der Waals surface area contributed by atoms with Gasteiger partial charge in [-0.15, -0.1) is 0 Å². The summed E-state index contributed by atoms with van der Waals surface area (Å²) in [6.07, 6.45) is 3.38. The minimum Gasteiger partial charge on any atom is -0.337 e. The molecule has 4 aromatic rings. The number of nitrogens with one attached hydrogen (secondary N) is 1. The molecular weight excluding hydrogens is 250 g/mol. The number of benzene rings is 1. The monoisotopic (exact) mass is 261 g/mol. The quantitative estimate of drug-likeness (QED) is 0.572. The summed E-state index contributed by atoms with van der Waals surface area (Å²) in [7, 11) is 0. The van der Waals surface area contributed by atoms with Crippen LogP contribution in [0.25, 0.3) is 33.6 Å². The zero-order valence-electron chi connectivity index (χ0n) is 10.8. The minimum absolute atomic E-state index is 0.735. The number of nitrogens with zero attached hydrogens (tertiary/aromatic N) is 4. The van der Waals surface area contributed by atoms with Gasteiger partial charge in [-0.1, -0.05) is 0 Å². The summed E-state index contributed by atoms with van der Waals surface area (Å²) < 4.78 is 0. The van der Waals surface area contributed by atoms with Crippen LogP contribution in [0.3, 0.4) is 0 Å². The van der Waals surface area contributed by atoms with E-state index >= 15 is 0 Å². The van der Waals surface area contributed by atoms with Crippen LogP contribution in [0, 0.1) is 6.92 Å². The Bertz CT molecular complexity index is 926. The van der Waals surface area contributed by atoms with Crippen molar-refractivity contribution in [3.8, 4) is 11.4 Å². The lowest BCUT2D eigenvalue weighted by atomic mass is 10.2. The van der Waals surface area contributed by atoms with Crippen LogP contribution in [0.5, 0.6) is 0 Å². The number of aromatic nitrogens is 5. The number of H-pyrrole nitrogens is 1. The van der Waals surface area contributed by atoms with E-state index in [1.807, 2.05) is 37.3 Å². The first-order valence-electron chi connectivity index (χ1n) is 6.34. The number of hydrogen-bond donors (Lipinski definition) is 1. The van der Waals surface area contributed by atoms with Crippen molar-refractivity contribution in [3.63, 3.8) is 0 Å². The number of hydrogen-bond acceptors (Lipinski definition) is 4. The van der Waals surface area contributed by atoms with Crippen molar-refractivity contribution in [3.05, 3.63) is 48.4 Å². The number of pyridine rings is 1. The lowest BCUT2D eigenvalue weighted by Crippen LogP contribution is -1.85. The second-order valence-electron chi connectivity index (χ2n) is 4.67. The summed E-state index contributed by atoms with van der Waals surface area (Å²) in [5.41, 5.74) is 5.34. The van der Waals surface area contributed by atoms with Gasteiger partial charge in [0.15, 0.2) is 5.65 Å². The van der Waals surface area contributed by atoms with E-state index in [2.05, 4.69) is 24.9 Å². The van der Waals surface area contributed by atoms with Crippen LogP contribution in [-0.2, 0) is 0 Å². The predicted octanol–water partition coefficient (Wildman–Crippen LogP) is 2.88. The first-order chi connectivity index (χ1) is 9.79. The van der Waals surface area contributed by atoms with E-state index in [9.17, 15) is 0 Å². The molecule has 4 rings (SSSR count). The maximum Gasteiger partial charge on any atom is 0.178 e. The number of rotatable bonds is 1. The maximum atomic E-state index is 4.54. The number of aryl methyl sites for hydroxylation is 1. The first kappa shape index (κ1) is 11.0. The lowest BCUT2D eigenvalue weighted by molar-refractivity contribution is 1.22. The van der Waals surface area contributed by atoms with Crippen LogP contribution in [0.4, 0.5) is 0 Å². The van der Waals surface area contributed by atoms with E-state index in [0.717, 1.165) is 39.3 Å². The largest absolute Gasteiger partial charge is 0.337 e. The van der Waals surface area contributed by atoms with Crippen molar-refractivity contribution in [1.29, 1.82) is 0 Å². The Morgan fingerprint density at radius 2 is 1.75 bits per heavy atom. The van der Waals surface area contributed by atoms with E-state index in [0.29, 0.717) is 0 Å². The van der Waals surface area contributed by atoms with Crippen molar-refractivity contribution in [1.82, 2.24) is 24.9 Å². The van der Waals surface area contributed by atoms with Crippen LogP contribution >= 0.6 is 0 Å². The molecule has 20 heavy (non-hydrogen) atoms. The highest BCUT2D eigenvalue weighted by atomic mass is 15.0. The Morgan fingerprint density at radius 3 is 2.65 bits per heavy atom. The Morgan fingerprint density at radius 1 is 0.900 bits per heavy atom. The summed E-state index contributed by atoms with van der Waals surface area (Å²) in [5, 5.41) is 0. The maximum absolute atomic E-state index is 4.54. The Labute approximate surface area is 114 Å². The molecule has 3 aromatic heterocycles. The van der Waals surface area contributed by atoms with Crippen molar-refractivity contribution >= 4 is 22.2 Å². The van der Waals surface area contributed by atoms with Crippen LogP contribution in [0.2, 0.25) is 0 Å². The highest BCUT2D eigenvalue weighted by Gasteiger charge is 2.07. The molecule has 5 nitrogen and oxygen atoms in total. The summed E-state index contributed by atoms with van der Waals surface area (Å²) in [5.74, 6) is 0.797. The van der Waals surface area contributed by atoms with Gasteiger partial charge in [0, 0.05) is 23.7 Å². The molecule has 3 heterocycles. The standard InChI is InChI=1S/C15H11N5/c1-9-2-4-12-15(18-9)20-14(19-12)10-3-5-11-13(8-10)17-7-6-16-11/h2-8H,1H3,(H,18,19,20). The molecule has 0 aliphatic rings. The van der Waals surface area contributed by atoms with Crippen LogP contribution in [0.15, 0.2) is 42.7 Å². The van der Waals surface area contributed by atoms with Gasteiger partial charge in [0.2, 0.25) is 0 Å². The Balaban J connectivity index is 1.91. The molecule has 0 aliphatic heterocycles. The number of imidazole rings is 1. The van der Waals surface area contributed by atoms with E-state index < -0.39 is 0 Å². The molecule has 1 N–H and O–H groups in total. The molecule has 5 heteroatoms. The predicted molar refractivity (Wildman–Crippen MR) is 77.2 cm³/mol. The highest BCUT2D eigenvalue weighted by Crippen LogP contribution is 2.22. The van der Waals surface area contributed by atoms with Crippen molar-refractivity contribution in [2.24, 2.45) is 0 Å². The third kappa shape index (κ3) is 1.72. The summed E-state index contributed by atoms with van der Waals surface area (Å²) in [4.78, 5) is 20.8. The molecule has 0 radical (unpaired) electrons. The van der Waals surface area contributed by atoms with E-state index in [4.69, 9.17) is 0 Å². The molecule has 1 aromatic carbocycles. The molecular formula is C15H11N5. The highest BCUT2D eigenvalue weighted by molar-refractivity contribution is 5.82. The molecule has 0 bridgehead atoms.